The molecule has 6 N–H and O–H groups in total. The van der Waals surface area contributed by atoms with Crippen LogP contribution in [0, 0.1) is 29.6 Å². The monoisotopic (exact) mass is 601 g/mol. The molecule has 5 rings (SSSR count). The average molecular weight is 602 g/mol. The van der Waals surface area contributed by atoms with Gasteiger partial charge < -0.3 is 31.1 Å². The first-order valence-electron chi connectivity index (χ1n) is 17.5. The molecule has 43 heavy (non-hydrogen) atoms. The van der Waals surface area contributed by atoms with Crippen LogP contribution < -0.4 is 10.6 Å². The van der Waals surface area contributed by atoms with E-state index in [4.69, 9.17) is 0 Å². The van der Waals surface area contributed by atoms with Crippen LogP contribution in [0.25, 0.3) is 0 Å². The molecule has 1 aliphatic carbocycles. The maximum atomic E-state index is 11.8. The molecule has 3 saturated heterocycles. The van der Waals surface area contributed by atoms with E-state index >= 15 is 0 Å². The Bertz CT molecular complexity index is 1010. The number of carboxylic acid groups (broad SMARTS) is 1. The molecular weight excluding hydrogens is 542 g/mol. The van der Waals surface area contributed by atoms with Gasteiger partial charge in [-0.15, -0.1) is 5.92 Å². The number of nitrogens with one attached hydrogen (secondary N) is 2. The number of carboxylic acids is 1. The maximum Gasteiger partial charge on any atom is 0.306 e. The number of hydrogen-bond acceptors (Lipinski definition) is 7. The van der Waals surface area contributed by atoms with Crippen molar-refractivity contribution in [2.45, 2.75) is 164 Å². The van der Waals surface area contributed by atoms with E-state index < -0.39 is 11.6 Å². The fourth-order valence-electron chi connectivity index (χ4n) is 9.66. The molecule has 1 saturated carbocycles. The minimum atomic E-state index is -1.35. The lowest BCUT2D eigenvalue weighted by atomic mass is 9.72. The number of hydrogen-bond donors (Lipinski definition) is 6. The number of aliphatic carboxylic acids is 1. The van der Waals surface area contributed by atoms with Gasteiger partial charge in [0.1, 0.15) is 0 Å². The second-order valence-corrected chi connectivity index (χ2v) is 15.7. The van der Waals surface area contributed by atoms with Gasteiger partial charge in [-0.05, 0) is 116 Å². The summed E-state index contributed by atoms with van der Waals surface area (Å²) in [6.45, 7) is 5.76. The van der Waals surface area contributed by atoms with Gasteiger partial charge in [0.05, 0.1) is 18.1 Å². The largest absolute Gasteiger partial charge is 0.481 e. The molecule has 0 radical (unpaired) electrons. The Balaban J connectivity index is 1.31. The highest BCUT2D eigenvalue weighted by molar-refractivity contribution is 5.68. The third-order valence-corrected chi connectivity index (χ3v) is 12.0. The first-order valence-corrected chi connectivity index (χ1v) is 17.5. The zero-order chi connectivity index (χ0) is 30.7. The standard InChI is InChI=1S/C35H59N3O5/c1-25-31(40)11-10-30-19-27(13-17-38(25)30)9-8-26-6-5-7-29-20-33(2,23-34(37-29)14-3-4-15-34)36-24-35(43,21-32(41)42)16-12-28(18-26)22-39/h25-31,36-37,39-40,43H,3-4,7-24H2,1-2H3,(H,41,42). The minimum absolute atomic E-state index is 0.0138. The first kappa shape index (κ1) is 33.2. The molecule has 8 heteroatoms. The van der Waals surface area contributed by atoms with Gasteiger partial charge in [-0.25, -0.2) is 0 Å². The van der Waals surface area contributed by atoms with Gasteiger partial charge in [0.2, 0.25) is 0 Å². The molecule has 4 heterocycles. The lowest BCUT2D eigenvalue weighted by molar-refractivity contribution is -0.143. The number of rotatable bonds is 6. The van der Waals surface area contributed by atoms with Gasteiger partial charge in [-0.1, -0.05) is 18.8 Å². The van der Waals surface area contributed by atoms with E-state index in [9.17, 15) is 25.2 Å². The molecule has 0 aromatic heterocycles. The van der Waals surface area contributed by atoms with Crippen molar-refractivity contribution < 1.29 is 25.2 Å². The van der Waals surface area contributed by atoms with Gasteiger partial charge in [-0.3, -0.25) is 9.69 Å². The summed E-state index contributed by atoms with van der Waals surface area (Å²) in [6, 6.07) is 1.09. The van der Waals surface area contributed by atoms with Crippen LogP contribution in [0.2, 0.25) is 0 Å². The quantitative estimate of drug-likeness (QED) is 0.254. The Morgan fingerprint density at radius 3 is 2.58 bits per heavy atom. The summed E-state index contributed by atoms with van der Waals surface area (Å²) in [5.41, 5.74) is -1.46. The number of piperidine rings is 3. The molecule has 9 unspecified atom stereocenters. The molecule has 8 nitrogen and oxygen atoms in total. The van der Waals surface area contributed by atoms with Crippen LogP contribution >= 0.6 is 0 Å². The van der Waals surface area contributed by atoms with E-state index in [0.29, 0.717) is 24.8 Å². The maximum absolute atomic E-state index is 11.8. The second-order valence-electron chi connectivity index (χ2n) is 15.7. The molecule has 1 spiro atoms. The van der Waals surface area contributed by atoms with Crippen LogP contribution in [0.5, 0.6) is 0 Å². The molecule has 4 aliphatic heterocycles. The summed E-state index contributed by atoms with van der Waals surface area (Å²) in [4.78, 5) is 14.4. The van der Waals surface area contributed by atoms with Crippen molar-refractivity contribution in [3.8, 4) is 11.8 Å². The molecule has 5 aliphatic rings. The Morgan fingerprint density at radius 2 is 1.84 bits per heavy atom. The van der Waals surface area contributed by atoms with Crippen LogP contribution in [0.1, 0.15) is 123 Å². The first-order chi connectivity index (χ1) is 20.5. The van der Waals surface area contributed by atoms with Crippen molar-refractivity contribution in [1.29, 1.82) is 0 Å². The van der Waals surface area contributed by atoms with Gasteiger partial charge in [0.15, 0.2) is 0 Å². The SMILES string of the molecule is CC1C(O)CCC2CC(CCC3C#CCC4CC(C)(CC5(CCCC5)N4)NCC(O)(CC(=O)O)CCC(CO)C3)CCN21. The van der Waals surface area contributed by atoms with E-state index in [2.05, 4.69) is 41.2 Å². The predicted octanol–water partition coefficient (Wildman–Crippen LogP) is 3.81. The highest BCUT2D eigenvalue weighted by Crippen LogP contribution is 2.43. The molecule has 9 atom stereocenters. The third-order valence-electron chi connectivity index (χ3n) is 12.0. The van der Waals surface area contributed by atoms with Crippen molar-refractivity contribution in [1.82, 2.24) is 15.5 Å². The number of nitrogens with zero attached hydrogens (tertiary/aromatic N) is 1. The molecule has 0 aromatic carbocycles. The fraction of sp³-hybridized carbons (Fsp3) is 0.914. The van der Waals surface area contributed by atoms with Crippen LogP contribution in [0.15, 0.2) is 0 Å². The molecular formula is C35H59N3O5. The van der Waals surface area contributed by atoms with Crippen molar-refractivity contribution in [3.05, 3.63) is 0 Å². The minimum Gasteiger partial charge on any atom is -0.481 e. The van der Waals surface area contributed by atoms with Gasteiger partial charge in [-0.2, -0.15) is 0 Å². The number of β-amino-alcohol motifs (C(OH)–C–C–N with tert-alkyl or cyclic N) is 1. The Hall–Kier alpha value is -1.21. The summed E-state index contributed by atoms with van der Waals surface area (Å²) in [5.74, 6) is 7.14. The molecule has 0 amide bonds. The van der Waals surface area contributed by atoms with Crippen LogP contribution in [-0.4, -0.2) is 91.9 Å². The smallest absolute Gasteiger partial charge is 0.306 e. The van der Waals surface area contributed by atoms with E-state index in [1.54, 1.807) is 0 Å². The van der Waals surface area contributed by atoms with Crippen molar-refractivity contribution in [2.75, 3.05) is 19.7 Å². The van der Waals surface area contributed by atoms with E-state index in [0.717, 1.165) is 70.8 Å². The van der Waals surface area contributed by atoms with E-state index in [1.165, 1.54) is 25.7 Å². The van der Waals surface area contributed by atoms with Crippen LogP contribution in [-0.2, 0) is 4.79 Å². The average Bonchev–Trinajstić information content (AvgIpc) is 3.40. The highest BCUT2D eigenvalue weighted by Gasteiger charge is 2.47. The summed E-state index contributed by atoms with van der Waals surface area (Å²) in [7, 11) is 0. The lowest BCUT2D eigenvalue weighted by Crippen LogP contribution is -2.65. The topological polar surface area (TPSA) is 125 Å². The Kier molecular flexibility index (Phi) is 10.8. The second kappa shape index (κ2) is 14.1. The van der Waals surface area contributed by atoms with Crippen LogP contribution in [0.4, 0.5) is 0 Å². The summed E-state index contributed by atoms with van der Waals surface area (Å²) >= 11 is 0. The third kappa shape index (κ3) is 8.54. The fourth-order valence-corrected chi connectivity index (χ4v) is 9.66. The Labute approximate surface area is 259 Å². The van der Waals surface area contributed by atoms with Gasteiger partial charge in [0, 0.05) is 54.7 Å². The van der Waals surface area contributed by atoms with Crippen molar-refractivity contribution in [3.63, 3.8) is 0 Å². The number of aliphatic hydroxyl groups is 3. The lowest BCUT2D eigenvalue weighted by Gasteiger charge is -2.50. The highest BCUT2D eigenvalue weighted by atomic mass is 16.4. The predicted molar refractivity (Wildman–Crippen MR) is 168 cm³/mol. The van der Waals surface area contributed by atoms with E-state index in [1.807, 2.05) is 0 Å². The molecule has 244 valence electrons. The molecule has 4 fully saturated rings. The van der Waals surface area contributed by atoms with Crippen LogP contribution in [0.3, 0.4) is 0 Å². The summed E-state index contributed by atoms with van der Waals surface area (Å²) in [5, 5.41) is 49.7. The number of fused-ring (bicyclic) bond motifs is 3. The Morgan fingerprint density at radius 1 is 1.05 bits per heavy atom. The normalized spacial score (nSPS) is 42.4. The number of aliphatic hydroxyl groups excluding tert-OH is 2. The van der Waals surface area contributed by atoms with E-state index in [-0.39, 0.29) is 60.7 Å². The summed E-state index contributed by atoms with van der Waals surface area (Å²) in [6.07, 6.45) is 15.2. The molecule has 2 bridgehead atoms. The van der Waals surface area contributed by atoms with Crippen molar-refractivity contribution in [2.24, 2.45) is 17.8 Å². The molecule has 0 aromatic rings. The zero-order valence-electron chi connectivity index (χ0n) is 26.8. The van der Waals surface area contributed by atoms with Gasteiger partial charge >= 0.3 is 5.97 Å². The van der Waals surface area contributed by atoms with Gasteiger partial charge in [0.25, 0.3) is 0 Å². The number of carbonyl (C=O) groups is 1. The summed E-state index contributed by atoms with van der Waals surface area (Å²) < 4.78 is 0. The zero-order valence-corrected chi connectivity index (χ0v) is 26.8. The van der Waals surface area contributed by atoms with Crippen molar-refractivity contribution >= 4 is 5.97 Å².